The standard InChI is InChI=1S/C14H14Cl2N6OS/c1-7-12(8(2)21(3)20-7)17-11(23)6-24-14-19-18-13-10(16)4-9(15)5-22(13)14/h4-5H,6H2,1-3H3,(H,17,23). The maximum atomic E-state index is 12.2. The predicted molar refractivity (Wildman–Crippen MR) is 95.0 cm³/mol. The lowest BCUT2D eigenvalue weighted by Gasteiger charge is -2.05. The van der Waals surface area contributed by atoms with Crippen molar-refractivity contribution in [3.05, 3.63) is 33.7 Å². The first kappa shape index (κ1) is 17.1. The molecule has 3 aromatic heterocycles. The third-order valence-corrected chi connectivity index (χ3v) is 4.93. The Labute approximate surface area is 152 Å². The minimum atomic E-state index is -0.149. The van der Waals surface area contributed by atoms with Gasteiger partial charge in [0.25, 0.3) is 0 Å². The SMILES string of the molecule is Cc1nn(C)c(C)c1NC(=O)CSc1nnc2c(Cl)cc(Cl)cn12. The summed E-state index contributed by atoms with van der Waals surface area (Å²) in [6, 6.07) is 1.60. The fourth-order valence-corrected chi connectivity index (χ4v) is 3.48. The van der Waals surface area contributed by atoms with Crippen LogP contribution in [0.3, 0.4) is 0 Å². The predicted octanol–water partition coefficient (Wildman–Crippen LogP) is 3.12. The van der Waals surface area contributed by atoms with Crippen molar-refractivity contribution in [1.82, 2.24) is 24.4 Å². The molecule has 7 nitrogen and oxygen atoms in total. The number of fused-ring (bicyclic) bond motifs is 1. The molecule has 1 N–H and O–H groups in total. The number of pyridine rings is 1. The molecule has 0 saturated carbocycles. The van der Waals surface area contributed by atoms with E-state index >= 15 is 0 Å². The van der Waals surface area contributed by atoms with Crippen molar-refractivity contribution in [2.24, 2.45) is 7.05 Å². The van der Waals surface area contributed by atoms with E-state index in [0.29, 0.717) is 20.8 Å². The van der Waals surface area contributed by atoms with E-state index in [1.54, 1.807) is 21.3 Å². The summed E-state index contributed by atoms with van der Waals surface area (Å²) in [5, 5.41) is 16.6. The maximum Gasteiger partial charge on any atom is 0.234 e. The molecular weight excluding hydrogens is 371 g/mol. The molecule has 24 heavy (non-hydrogen) atoms. The average molecular weight is 385 g/mol. The van der Waals surface area contributed by atoms with E-state index in [1.165, 1.54) is 11.8 Å². The van der Waals surface area contributed by atoms with Crippen LogP contribution in [-0.2, 0) is 11.8 Å². The van der Waals surface area contributed by atoms with Gasteiger partial charge in [-0.15, -0.1) is 10.2 Å². The van der Waals surface area contributed by atoms with Crippen LogP contribution in [0.4, 0.5) is 5.69 Å². The average Bonchev–Trinajstić information content (AvgIpc) is 3.02. The first-order chi connectivity index (χ1) is 11.4. The van der Waals surface area contributed by atoms with Gasteiger partial charge >= 0.3 is 0 Å². The maximum absolute atomic E-state index is 12.2. The Balaban J connectivity index is 1.73. The summed E-state index contributed by atoms with van der Waals surface area (Å²) in [6.45, 7) is 3.75. The molecule has 0 aliphatic carbocycles. The number of amides is 1. The number of aryl methyl sites for hydroxylation is 2. The highest BCUT2D eigenvalue weighted by Crippen LogP contribution is 2.25. The monoisotopic (exact) mass is 384 g/mol. The lowest BCUT2D eigenvalue weighted by Crippen LogP contribution is -2.15. The van der Waals surface area contributed by atoms with E-state index < -0.39 is 0 Å². The van der Waals surface area contributed by atoms with E-state index in [4.69, 9.17) is 23.2 Å². The highest BCUT2D eigenvalue weighted by molar-refractivity contribution is 7.99. The van der Waals surface area contributed by atoms with Crippen LogP contribution < -0.4 is 5.32 Å². The van der Waals surface area contributed by atoms with Gasteiger partial charge in [0.2, 0.25) is 5.91 Å². The Kier molecular flexibility index (Phi) is 4.71. The van der Waals surface area contributed by atoms with Crippen LogP contribution in [0.15, 0.2) is 17.4 Å². The number of aromatic nitrogens is 5. The van der Waals surface area contributed by atoms with Crippen molar-refractivity contribution in [3.63, 3.8) is 0 Å². The lowest BCUT2D eigenvalue weighted by atomic mass is 10.3. The summed E-state index contributed by atoms with van der Waals surface area (Å²) in [5.41, 5.74) is 2.92. The minimum Gasteiger partial charge on any atom is -0.322 e. The quantitative estimate of drug-likeness (QED) is 0.699. The molecule has 0 bridgehead atoms. The van der Waals surface area contributed by atoms with E-state index in [0.717, 1.165) is 17.1 Å². The van der Waals surface area contributed by atoms with Crippen LogP contribution >= 0.6 is 35.0 Å². The number of nitrogens with zero attached hydrogens (tertiary/aromatic N) is 5. The number of hydrogen-bond donors (Lipinski definition) is 1. The van der Waals surface area contributed by atoms with Gasteiger partial charge in [0.05, 0.1) is 32.9 Å². The molecule has 3 aromatic rings. The number of anilines is 1. The van der Waals surface area contributed by atoms with Crippen molar-refractivity contribution in [1.29, 1.82) is 0 Å². The highest BCUT2D eigenvalue weighted by atomic mass is 35.5. The molecule has 0 aromatic carbocycles. The molecule has 0 saturated heterocycles. The number of carbonyl (C=O) groups excluding carboxylic acids is 1. The molecule has 0 unspecified atom stereocenters. The molecule has 0 aliphatic rings. The normalized spacial score (nSPS) is 11.2. The van der Waals surface area contributed by atoms with Crippen molar-refractivity contribution >= 4 is 52.2 Å². The minimum absolute atomic E-state index is 0.149. The van der Waals surface area contributed by atoms with Crippen LogP contribution in [-0.4, -0.2) is 36.0 Å². The van der Waals surface area contributed by atoms with Crippen LogP contribution in [0.25, 0.3) is 5.65 Å². The van der Waals surface area contributed by atoms with E-state index in [9.17, 15) is 4.79 Å². The van der Waals surface area contributed by atoms with Gasteiger partial charge in [-0.25, -0.2) is 0 Å². The summed E-state index contributed by atoms with van der Waals surface area (Å²) < 4.78 is 3.40. The van der Waals surface area contributed by atoms with Crippen molar-refractivity contribution in [2.45, 2.75) is 19.0 Å². The Hall–Kier alpha value is -1.77. The van der Waals surface area contributed by atoms with Gasteiger partial charge in [-0.05, 0) is 19.9 Å². The molecule has 3 rings (SSSR count). The lowest BCUT2D eigenvalue weighted by molar-refractivity contribution is -0.113. The molecule has 126 valence electrons. The number of carbonyl (C=O) groups is 1. The fraction of sp³-hybridized carbons (Fsp3) is 0.286. The zero-order chi connectivity index (χ0) is 17.4. The number of rotatable bonds is 4. The van der Waals surface area contributed by atoms with Crippen LogP contribution in [0.5, 0.6) is 0 Å². The summed E-state index contributed by atoms with van der Waals surface area (Å²) in [5.74, 6) is 0.0303. The first-order valence-corrected chi connectivity index (χ1v) is 8.73. The number of thioether (sulfide) groups is 1. The second kappa shape index (κ2) is 6.62. The Morgan fingerprint density at radius 1 is 1.33 bits per heavy atom. The summed E-state index contributed by atoms with van der Waals surface area (Å²) in [7, 11) is 1.84. The Morgan fingerprint density at radius 3 is 2.75 bits per heavy atom. The number of nitrogens with one attached hydrogen (secondary N) is 1. The second-order valence-electron chi connectivity index (χ2n) is 5.19. The fourth-order valence-electron chi connectivity index (χ4n) is 2.26. The second-order valence-corrected chi connectivity index (χ2v) is 6.97. The van der Waals surface area contributed by atoms with Gasteiger partial charge in [0, 0.05) is 13.2 Å². The molecule has 0 aliphatic heterocycles. The highest BCUT2D eigenvalue weighted by Gasteiger charge is 2.15. The third-order valence-electron chi connectivity index (χ3n) is 3.50. The Morgan fingerprint density at radius 2 is 2.08 bits per heavy atom. The van der Waals surface area contributed by atoms with Gasteiger partial charge in [0.15, 0.2) is 10.8 Å². The zero-order valence-corrected chi connectivity index (χ0v) is 15.5. The smallest absolute Gasteiger partial charge is 0.234 e. The number of halogens is 2. The number of hydrogen-bond acceptors (Lipinski definition) is 5. The van der Waals surface area contributed by atoms with Crippen LogP contribution in [0.1, 0.15) is 11.4 Å². The largest absolute Gasteiger partial charge is 0.322 e. The zero-order valence-electron chi connectivity index (χ0n) is 13.2. The third kappa shape index (κ3) is 3.22. The molecule has 10 heteroatoms. The molecular formula is C14H14Cl2N6OS. The summed E-state index contributed by atoms with van der Waals surface area (Å²) in [6.07, 6.45) is 1.67. The van der Waals surface area contributed by atoms with E-state index in [1.807, 2.05) is 20.9 Å². The van der Waals surface area contributed by atoms with Gasteiger partial charge in [-0.3, -0.25) is 13.9 Å². The molecule has 3 heterocycles. The van der Waals surface area contributed by atoms with Crippen molar-refractivity contribution < 1.29 is 4.79 Å². The molecule has 0 radical (unpaired) electrons. The summed E-state index contributed by atoms with van der Waals surface area (Å²) >= 11 is 13.3. The van der Waals surface area contributed by atoms with E-state index in [2.05, 4.69) is 20.6 Å². The van der Waals surface area contributed by atoms with Gasteiger partial charge in [0.1, 0.15) is 0 Å². The van der Waals surface area contributed by atoms with Gasteiger partial charge < -0.3 is 5.32 Å². The van der Waals surface area contributed by atoms with Crippen molar-refractivity contribution in [3.8, 4) is 0 Å². The van der Waals surface area contributed by atoms with Gasteiger partial charge in [-0.1, -0.05) is 35.0 Å². The van der Waals surface area contributed by atoms with E-state index in [-0.39, 0.29) is 11.7 Å². The van der Waals surface area contributed by atoms with Crippen molar-refractivity contribution in [2.75, 3.05) is 11.1 Å². The molecule has 0 fully saturated rings. The topological polar surface area (TPSA) is 77.1 Å². The first-order valence-electron chi connectivity index (χ1n) is 6.99. The Bertz CT molecular complexity index is 935. The molecule has 1 amide bonds. The van der Waals surface area contributed by atoms with Crippen LogP contribution in [0, 0.1) is 13.8 Å². The van der Waals surface area contributed by atoms with Crippen LogP contribution in [0.2, 0.25) is 10.0 Å². The molecule has 0 atom stereocenters. The molecule has 0 spiro atoms. The summed E-state index contributed by atoms with van der Waals surface area (Å²) in [4.78, 5) is 12.2. The van der Waals surface area contributed by atoms with Gasteiger partial charge in [-0.2, -0.15) is 5.10 Å².